The molecular weight excluding hydrogens is 439 g/mol. The van der Waals surface area contributed by atoms with E-state index in [1.54, 1.807) is 30.4 Å². The first-order chi connectivity index (χ1) is 14.7. The van der Waals surface area contributed by atoms with Crippen LogP contribution in [0.3, 0.4) is 0 Å². The summed E-state index contributed by atoms with van der Waals surface area (Å²) >= 11 is 0. The minimum atomic E-state index is -0.119. The first-order valence-corrected chi connectivity index (χ1v) is 11.5. The molecule has 0 aromatic heterocycles. The Balaban J connectivity index is 0.00000363. The van der Waals surface area contributed by atoms with E-state index in [-0.39, 0.29) is 46.2 Å². The molecule has 1 fully saturated rings. The molecule has 1 saturated heterocycles. The maximum absolute atomic E-state index is 13.4. The number of nitrogens with zero attached hydrogens (tertiary/aromatic N) is 1. The molecule has 1 aliphatic heterocycles. The van der Waals surface area contributed by atoms with Gasteiger partial charge in [0.2, 0.25) is 0 Å². The number of likely N-dealkylation sites (tertiary alicyclic amines) is 1. The number of carbonyl (C=O) groups excluding carboxylic acids is 1. The van der Waals surface area contributed by atoms with E-state index < -0.39 is 0 Å². The zero-order chi connectivity index (χ0) is 22.6. The number of rotatable bonds is 7. The van der Waals surface area contributed by atoms with E-state index in [0.717, 1.165) is 38.0 Å². The molecule has 1 aliphatic carbocycles. The van der Waals surface area contributed by atoms with Crippen LogP contribution >= 0.6 is 0 Å². The summed E-state index contributed by atoms with van der Waals surface area (Å²) < 4.78 is 13.4. The smallest absolute Gasteiger partial charge is 0.251 e. The lowest BCUT2D eigenvalue weighted by Crippen LogP contribution is -2.53. The van der Waals surface area contributed by atoms with E-state index in [2.05, 4.69) is 44.0 Å². The predicted octanol–water partition coefficient (Wildman–Crippen LogP) is 2.24. The van der Waals surface area contributed by atoms with Crippen molar-refractivity contribution in [1.29, 1.82) is 0 Å². The largest absolute Gasteiger partial charge is 0.412 e. The summed E-state index contributed by atoms with van der Waals surface area (Å²) in [6.07, 6.45) is 7.24. The van der Waals surface area contributed by atoms with Gasteiger partial charge in [-0.3, -0.25) is 4.79 Å². The number of piperidine rings is 1. The van der Waals surface area contributed by atoms with Gasteiger partial charge in [-0.2, -0.15) is 0 Å². The maximum atomic E-state index is 13.4. The minimum Gasteiger partial charge on any atom is -0.412 e. The van der Waals surface area contributed by atoms with Gasteiger partial charge in [-0.05, 0) is 72.4 Å². The standard InChI is InChI=1S/C26H37FN2O2.3H2O/c1-18(2)24(28-25(31)21-7-5-6-19(14-21)16-30)15-29-13-12-23(26(3,4)17-29)20-8-10-22(27)11-9-20;;;/h5-8,10-11,14,18,20,23-24,30H,9,12-13,15-17H2,1-4H3,(H,28,31);3*1H2/t20?,23?,24-;;;/m0.../s1. The molecule has 1 aromatic rings. The van der Waals surface area contributed by atoms with Gasteiger partial charge in [0, 0.05) is 24.7 Å². The molecule has 194 valence electrons. The molecule has 2 unspecified atom stereocenters. The predicted molar refractivity (Wildman–Crippen MR) is 134 cm³/mol. The molecule has 7 nitrogen and oxygen atoms in total. The number of nitrogens with one attached hydrogen (secondary N) is 1. The molecule has 8 heteroatoms. The van der Waals surface area contributed by atoms with Crippen molar-refractivity contribution in [2.75, 3.05) is 19.6 Å². The number of hydrogen-bond donors (Lipinski definition) is 2. The van der Waals surface area contributed by atoms with Crippen LogP contribution in [-0.2, 0) is 6.61 Å². The highest BCUT2D eigenvalue weighted by Gasteiger charge is 2.40. The third-order valence-electron chi connectivity index (χ3n) is 6.94. The molecule has 3 rings (SSSR count). The van der Waals surface area contributed by atoms with Crippen molar-refractivity contribution in [3.05, 3.63) is 59.4 Å². The number of allylic oxidation sites excluding steroid dienone is 4. The Labute approximate surface area is 202 Å². The number of carbonyl (C=O) groups is 1. The van der Waals surface area contributed by atoms with E-state index in [0.29, 0.717) is 23.3 Å². The van der Waals surface area contributed by atoms with Gasteiger partial charge in [0.25, 0.3) is 5.91 Å². The Hall–Kier alpha value is -2.10. The Morgan fingerprint density at radius 3 is 2.53 bits per heavy atom. The average Bonchev–Trinajstić information content (AvgIpc) is 2.73. The quantitative estimate of drug-likeness (QED) is 0.614. The van der Waals surface area contributed by atoms with Gasteiger partial charge < -0.3 is 31.8 Å². The fourth-order valence-corrected chi connectivity index (χ4v) is 5.11. The number of halogens is 1. The summed E-state index contributed by atoms with van der Waals surface area (Å²) in [5, 5.41) is 12.6. The molecule has 8 N–H and O–H groups in total. The number of aliphatic hydroxyl groups is 1. The van der Waals surface area contributed by atoms with Crippen molar-refractivity contribution in [3.63, 3.8) is 0 Å². The molecule has 0 bridgehead atoms. The van der Waals surface area contributed by atoms with Crippen LogP contribution in [0.5, 0.6) is 0 Å². The van der Waals surface area contributed by atoms with Crippen LogP contribution in [0.1, 0.15) is 56.5 Å². The summed E-state index contributed by atoms with van der Waals surface area (Å²) in [6, 6.07) is 7.20. The summed E-state index contributed by atoms with van der Waals surface area (Å²) in [5.41, 5.74) is 1.44. The lowest BCUT2D eigenvalue weighted by molar-refractivity contribution is 0.0249. The van der Waals surface area contributed by atoms with Gasteiger partial charge in [-0.15, -0.1) is 0 Å². The van der Waals surface area contributed by atoms with E-state index in [1.807, 2.05) is 6.07 Å². The first-order valence-electron chi connectivity index (χ1n) is 11.5. The Kier molecular flexibility index (Phi) is 12.9. The summed E-state index contributed by atoms with van der Waals surface area (Å²) in [4.78, 5) is 15.3. The molecule has 1 aromatic carbocycles. The van der Waals surface area contributed by atoms with Crippen LogP contribution in [0.15, 0.2) is 48.3 Å². The van der Waals surface area contributed by atoms with Gasteiger partial charge in [-0.1, -0.05) is 45.9 Å². The third kappa shape index (κ3) is 7.99. The molecular formula is C26H43FN2O5. The van der Waals surface area contributed by atoms with E-state index in [1.165, 1.54) is 0 Å². The van der Waals surface area contributed by atoms with E-state index in [4.69, 9.17) is 0 Å². The summed E-state index contributed by atoms with van der Waals surface area (Å²) in [7, 11) is 0. The highest BCUT2D eigenvalue weighted by atomic mass is 19.1. The zero-order valence-corrected chi connectivity index (χ0v) is 20.8. The van der Waals surface area contributed by atoms with Gasteiger partial charge in [0.1, 0.15) is 5.83 Å². The van der Waals surface area contributed by atoms with E-state index >= 15 is 0 Å². The second kappa shape index (κ2) is 13.7. The molecule has 0 radical (unpaired) electrons. The second-order valence-corrected chi connectivity index (χ2v) is 10.1. The minimum absolute atomic E-state index is 0. The zero-order valence-electron chi connectivity index (χ0n) is 20.8. The van der Waals surface area contributed by atoms with Crippen LogP contribution in [0.25, 0.3) is 0 Å². The molecule has 1 heterocycles. The fraction of sp³-hybridized carbons (Fsp3) is 0.577. The van der Waals surface area contributed by atoms with Crippen LogP contribution in [0.2, 0.25) is 0 Å². The lowest BCUT2D eigenvalue weighted by Gasteiger charge is -2.48. The van der Waals surface area contributed by atoms with Crippen molar-refractivity contribution in [1.82, 2.24) is 10.2 Å². The lowest BCUT2D eigenvalue weighted by atomic mass is 9.66. The van der Waals surface area contributed by atoms with Crippen molar-refractivity contribution in [2.45, 2.75) is 53.2 Å². The number of benzene rings is 1. The van der Waals surface area contributed by atoms with Gasteiger partial charge in [0.15, 0.2) is 0 Å². The monoisotopic (exact) mass is 482 g/mol. The summed E-state index contributed by atoms with van der Waals surface area (Å²) in [6.45, 7) is 11.6. The average molecular weight is 483 g/mol. The Morgan fingerprint density at radius 1 is 1.26 bits per heavy atom. The van der Waals surface area contributed by atoms with Crippen LogP contribution in [0.4, 0.5) is 4.39 Å². The van der Waals surface area contributed by atoms with Crippen molar-refractivity contribution < 1.29 is 30.7 Å². The van der Waals surface area contributed by atoms with Gasteiger partial charge in [0.05, 0.1) is 6.61 Å². The Bertz CT molecular complexity index is 840. The normalized spacial score (nSPS) is 22.5. The van der Waals surface area contributed by atoms with E-state index in [9.17, 15) is 14.3 Å². The van der Waals surface area contributed by atoms with Crippen molar-refractivity contribution in [2.24, 2.45) is 23.2 Å². The molecule has 3 atom stereocenters. The third-order valence-corrected chi connectivity index (χ3v) is 6.94. The Morgan fingerprint density at radius 2 is 1.97 bits per heavy atom. The van der Waals surface area contributed by atoms with Gasteiger partial charge >= 0.3 is 0 Å². The summed E-state index contributed by atoms with van der Waals surface area (Å²) in [5.74, 6) is 1.02. The van der Waals surface area contributed by atoms with Gasteiger partial charge in [-0.25, -0.2) is 4.39 Å². The topological polar surface area (TPSA) is 147 Å². The second-order valence-electron chi connectivity index (χ2n) is 10.1. The maximum Gasteiger partial charge on any atom is 0.251 e. The highest BCUT2D eigenvalue weighted by Crippen LogP contribution is 2.42. The van der Waals surface area contributed by atoms with Crippen LogP contribution in [0, 0.1) is 23.2 Å². The molecule has 0 spiro atoms. The number of aliphatic hydroxyl groups excluding tert-OH is 1. The molecule has 2 aliphatic rings. The fourth-order valence-electron chi connectivity index (χ4n) is 5.11. The first kappa shape index (κ1) is 31.9. The van der Waals surface area contributed by atoms with Crippen molar-refractivity contribution in [3.8, 4) is 0 Å². The van der Waals surface area contributed by atoms with Crippen LogP contribution in [-0.4, -0.2) is 58.0 Å². The van der Waals surface area contributed by atoms with Crippen molar-refractivity contribution >= 4 is 5.91 Å². The molecule has 34 heavy (non-hydrogen) atoms. The number of hydrogen-bond acceptors (Lipinski definition) is 3. The SMILES string of the molecule is CC(C)[C@H](CN1CCC(C2C=CC(F)=CC2)C(C)(C)C1)NC(=O)c1cccc(CO)c1.O.O.O. The highest BCUT2D eigenvalue weighted by molar-refractivity contribution is 5.94. The number of amides is 1. The molecule has 1 amide bonds. The molecule has 0 saturated carbocycles. The van der Waals surface area contributed by atoms with Crippen LogP contribution < -0.4 is 5.32 Å².